The van der Waals surface area contributed by atoms with Crippen LogP contribution >= 0.6 is 0 Å². The molecule has 1 saturated carbocycles. The SMILES string of the molecule is CC(C)[C@@H](C(=O)O)N(Cc1ccc2nc(-c3ccccc3-c3nnn[nH]3)ccc2c1)C(=O)CC1CC1. The lowest BCUT2D eigenvalue weighted by molar-refractivity contribution is -0.153. The van der Waals surface area contributed by atoms with Crippen molar-refractivity contribution in [2.45, 2.75) is 45.7 Å². The normalized spacial score (nSPS) is 14.2. The number of pyridine rings is 1. The molecule has 1 aliphatic carbocycles. The molecule has 1 fully saturated rings. The Bertz CT molecular complexity index is 1400. The summed E-state index contributed by atoms with van der Waals surface area (Å²) in [6.07, 6.45) is 2.49. The van der Waals surface area contributed by atoms with Crippen molar-refractivity contribution in [3.8, 4) is 22.6 Å². The average molecular weight is 485 g/mol. The third-order valence-electron chi connectivity index (χ3n) is 6.61. The molecule has 0 bridgehead atoms. The standard InChI is InChI=1S/C27H28N6O3/c1-16(2)25(27(35)36)33(24(34)14-17-7-8-17)15-18-9-11-22-19(13-18)10-12-23(28-22)20-5-3-4-6-21(20)26-29-31-32-30-26/h3-6,9-13,16-17,25H,7-8,14-15H2,1-2H3,(H,35,36)(H,29,30,31,32)/t25-/m0/s1. The van der Waals surface area contributed by atoms with Crippen LogP contribution in [0, 0.1) is 11.8 Å². The fraction of sp³-hybridized carbons (Fsp3) is 0.333. The first-order valence-corrected chi connectivity index (χ1v) is 12.2. The number of hydrogen-bond donors (Lipinski definition) is 2. The van der Waals surface area contributed by atoms with Crippen molar-refractivity contribution in [3.05, 3.63) is 60.2 Å². The van der Waals surface area contributed by atoms with E-state index >= 15 is 0 Å². The molecule has 9 heteroatoms. The summed E-state index contributed by atoms with van der Waals surface area (Å²) in [5.74, 6) is -0.309. The molecule has 2 aromatic carbocycles. The van der Waals surface area contributed by atoms with Crippen LogP contribution in [0.15, 0.2) is 54.6 Å². The molecule has 2 heterocycles. The zero-order valence-corrected chi connectivity index (χ0v) is 20.3. The summed E-state index contributed by atoms with van der Waals surface area (Å²) in [6.45, 7) is 3.93. The maximum absolute atomic E-state index is 13.1. The van der Waals surface area contributed by atoms with Crippen LogP contribution in [0.3, 0.4) is 0 Å². The highest BCUT2D eigenvalue weighted by atomic mass is 16.4. The van der Waals surface area contributed by atoms with Crippen LogP contribution in [0.1, 0.15) is 38.7 Å². The number of aromatic nitrogens is 5. The molecule has 0 radical (unpaired) electrons. The van der Waals surface area contributed by atoms with Crippen molar-refractivity contribution in [1.82, 2.24) is 30.5 Å². The van der Waals surface area contributed by atoms with Crippen LogP contribution in [-0.4, -0.2) is 53.5 Å². The molecule has 36 heavy (non-hydrogen) atoms. The molecule has 9 nitrogen and oxygen atoms in total. The Morgan fingerprint density at radius 2 is 1.86 bits per heavy atom. The van der Waals surface area contributed by atoms with Gasteiger partial charge in [0.1, 0.15) is 6.04 Å². The van der Waals surface area contributed by atoms with E-state index in [0.29, 0.717) is 18.2 Å². The third kappa shape index (κ3) is 4.95. The number of nitrogens with zero attached hydrogens (tertiary/aromatic N) is 5. The van der Waals surface area contributed by atoms with Crippen molar-refractivity contribution < 1.29 is 14.7 Å². The number of nitrogens with one attached hydrogen (secondary N) is 1. The Hall–Kier alpha value is -4.14. The van der Waals surface area contributed by atoms with Crippen LogP contribution in [-0.2, 0) is 16.1 Å². The van der Waals surface area contributed by atoms with Gasteiger partial charge in [-0.25, -0.2) is 14.9 Å². The fourth-order valence-electron chi connectivity index (χ4n) is 4.61. The molecule has 0 saturated heterocycles. The molecule has 0 spiro atoms. The van der Waals surface area contributed by atoms with Gasteiger partial charge in [-0.1, -0.05) is 50.2 Å². The number of benzene rings is 2. The number of carboxylic acid groups (broad SMARTS) is 1. The number of aliphatic carboxylic acids is 1. The molecular formula is C27H28N6O3. The highest BCUT2D eigenvalue weighted by molar-refractivity contribution is 5.86. The van der Waals surface area contributed by atoms with Gasteiger partial charge in [-0.15, -0.1) is 5.10 Å². The van der Waals surface area contributed by atoms with Crippen molar-refractivity contribution >= 4 is 22.8 Å². The second kappa shape index (κ2) is 9.85. The van der Waals surface area contributed by atoms with Gasteiger partial charge in [-0.3, -0.25) is 4.79 Å². The molecule has 4 aromatic rings. The van der Waals surface area contributed by atoms with Gasteiger partial charge in [0.2, 0.25) is 5.91 Å². The molecular weight excluding hydrogens is 456 g/mol. The van der Waals surface area contributed by atoms with Crippen LogP contribution in [0.4, 0.5) is 0 Å². The Morgan fingerprint density at radius 1 is 1.08 bits per heavy atom. The largest absolute Gasteiger partial charge is 0.480 e. The molecule has 1 atom stereocenters. The highest BCUT2D eigenvalue weighted by Crippen LogP contribution is 2.34. The van der Waals surface area contributed by atoms with Gasteiger partial charge < -0.3 is 10.0 Å². The number of tetrazole rings is 1. The molecule has 1 aliphatic rings. The second-order valence-corrected chi connectivity index (χ2v) is 9.72. The number of carbonyl (C=O) groups excluding carboxylic acids is 1. The first kappa shape index (κ1) is 23.6. The maximum atomic E-state index is 13.1. The zero-order chi connectivity index (χ0) is 25.2. The lowest BCUT2D eigenvalue weighted by atomic mass is 10.00. The van der Waals surface area contributed by atoms with E-state index in [-0.39, 0.29) is 18.4 Å². The third-order valence-corrected chi connectivity index (χ3v) is 6.61. The topological polar surface area (TPSA) is 125 Å². The molecule has 2 N–H and O–H groups in total. The summed E-state index contributed by atoms with van der Waals surface area (Å²) in [4.78, 5) is 31.5. The molecule has 1 amide bonds. The van der Waals surface area contributed by atoms with Gasteiger partial charge in [0.15, 0.2) is 5.82 Å². The van der Waals surface area contributed by atoms with Crippen molar-refractivity contribution in [3.63, 3.8) is 0 Å². The summed E-state index contributed by atoms with van der Waals surface area (Å²) in [6, 6.07) is 16.7. The summed E-state index contributed by atoms with van der Waals surface area (Å²) >= 11 is 0. The van der Waals surface area contributed by atoms with Crippen LogP contribution in [0.2, 0.25) is 0 Å². The second-order valence-electron chi connectivity index (χ2n) is 9.72. The van der Waals surface area contributed by atoms with E-state index in [1.54, 1.807) is 0 Å². The number of H-pyrrole nitrogens is 1. The summed E-state index contributed by atoms with van der Waals surface area (Å²) < 4.78 is 0. The molecule has 184 valence electrons. The van der Waals surface area contributed by atoms with Gasteiger partial charge in [-0.05, 0) is 58.9 Å². The van der Waals surface area contributed by atoms with Gasteiger partial charge in [-0.2, -0.15) is 0 Å². The van der Waals surface area contributed by atoms with Gasteiger partial charge in [0, 0.05) is 29.5 Å². The number of fused-ring (bicyclic) bond motifs is 1. The number of carbonyl (C=O) groups is 2. The van der Waals surface area contributed by atoms with E-state index in [1.165, 1.54) is 4.90 Å². The van der Waals surface area contributed by atoms with E-state index in [1.807, 2.05) is 68.4 Å². The van der Waals surface area contributed by atoms with Crippen molar-refractivity contribution in [1.29, 1.82) is 0 Å². The van der Waals surface area contributed by atoms with E-state index in [0.717, 1.165) is 46.1 Å². The number of carboxylic acids is 1. The number of aromatic amines is 1. The Balaban J connectivity index is 1.45. The number of amides is 1. The smallest absolute Gasteiger partial charge is 0.326 e. The van der Waals surface area contributed by atoms with Crippen molar-refractivity contribution in [2.75, 3.05) is 0 Å². The fourth-order valence-corrected chi connectivity index (χ4v) is 4.61. The number of rotatable bonds is 9. The molecule has 0 aliphatic heterocycles. The van der Waals surface area contributed by atoms with Crippen LogP contribution in [0.25, 0.3) is 33.5 Å². The maximum Gasteiger partial charge on any atom is 0.326 e. The zero-order valence-electron chi connectivity index (χ0n) is 20.3. The van der Waals surface area contributed by atoms with Crippen LogP contribution in [0.5, 0.6) is 0 Å². The molecule has 0 unspecified atom stereocenters. The summed E-state index contributed by atoms with van der Waals surface area (Å²) in [5, 5.41) is 25.0. The van der Waals surface area contributed by atoms with E-state index < -0.39 is 12.0 Å². The molecule has 2 aromatic heterocycles. The minimum absolute atomic E-state index is 0.0920. The van der Waals surface area contributed by atoms with Gasteiger partial charge in [0.05, 0.1) is 11.2 Å². The quantitative estimate of drug-likeness (QED) is 0.362. The minimum Gasteiger partial charge on any atom is -0.480 e. The first-order valence-electron chi connectivity index (χ1n) is 12.2. The Morgan fingerprint density at radius 3 is 2.53 bits per heavy atom. The van der Waals surface area contributed by atoms with E-state index in [9.17, 15) is 14.7 Å². The van der Waals surface area contributed by atoms with Crippen LogP contribution < -0.4 is 0 Å². The Kier molecular flexibility index (Phi) is 6.45. The predicted octanol–water partition coefficient (Wildman–Crippen LogP) is 4.32. The molecule has 5 rings (SSSR count). The summed E-state index contributed by atoms with van der Waals surface area (Å²) in [5.41, 5.74) is 4.22. The van der Waals surface area contributed by atoms with E-state index in [2.05, 4.69) is 20.6 Å². The van der Waals surface area contributed by atoms with Gasteiger partial charge in [0.25, 0.3) is 0 Å². The minimum atomic E-state index is -0.970. The lowest BCUT2D eigenvalue weighted by Crippen LogP contribution is -2.47. The van der Waals surface area contributed by atoms with E-state index in [4.69, 9.17) is 4.98 Å². The predicted molar refractivity (Wildman–Crippen MR) is 135 cm³/mol. The lowest BCUT2D eigenvalue weighted by Gasteiger charge is -2.32. The highest BCUT2D eigenvalue weighted by Gasteiger charge is 2.35. The average Bonchev–Trinajstić information content (AvgIpc) is 3.50. The first-order chi connectivity index (χ1) is 17.4. The number of hydrogen-bond acceptors (Lipinski definition) is 6. The van der Waals surface area contributed by atoms with Gasteiger partial charge >= 0.3 is 5.97 Å². The summed E-state index contributed by atoms with van der Waals surface area (Å²) in [7, 11) is 0. The monoisotopic (exact) mass is 484 g/mol. The Labute approximate surface area is 208 Å². The van der Waals surface area contributed by atoms with Crippen molar-refractivity contribution in [2.24, 2.45) is 11.8 Å².